The Kier molecular flexibility index (Phi) is 11.8. The first-order valence-corrected chi connectivity index (χ1v) is 12.4. The number of aliphatic carboxylic acids is 2. The number of piperidine rings is 1. The fourth-order valence-electron chi connectivity index (χ4n) is 4.83. The van der Waals surface area contributed by atoms with E-state index in [0.717, 1.165) is 71.4 Å². The largest absolute Gasteiger partial charge is 0.493 e. The molecular formula is C26H42N2O6. The Morgan fingerprint density at radius 2 is 1.74 bits per heavy atom. The molecule has 0 aromatic heterocycles. The number of rotatable bonds is 9. The minimum atomic E-state index is -0.833. The number of para-hydroxylation sites is 1. The molecule has 0 amide bonds. The highest BCUT2D eigenvalue weighted by atomic mass is 16.5. The number of morpholine rings is 1. The molecule has 2 aliphatic heterocycles. The molecule has 3 aliphatic rings. The van der Waals surface area contributed by atoms with Crippen LogP contribution in [0.25, 0.3) is 0 Å². The fourth-order valence-corrected chi connectivity index (χ4v) is 4.83. The average molecular weight is 479 g/mol. The van der Waals surface area contributed by atoms with Crippen LogP contribution in [0.3, 0.4) is 0 Å². The first-order chi connectivity index (χ1) is 16.3. The van der Waals surface area contributed by atoms with Gasteiger partial charge in [-0.1, -0.05) is 25.1 Å². The van der Waals surface area contributed by atoms with Gasteiger partial charge in [0.25, 0.3) is 11.9 Å². The van der Waals surface area contributed by atoms with Crippen LogP contribution in [0.4, 0.5) is 0 Å². The van der Waals surface area contributed by atoms with Crippen LogP contribution in [0.5, 0.6) is 5.75 Å². The number of fused-ring (bicyclic) bond motifs is 1. The molecule has 0 spiro atoms. The molecule has 3 fully saturated rings. The highest BCUT2D eigenvalue weighted by Crippen LogP contribution is 2.60. The number of hydrogen-bond donors (Lipinski definition) is 2. The molecule has 1 aromatic rings. The lowest BCUT2D eigenvalue weighted by molar-refractivity contribution is -0.135. The second-order valence-electron chi connectivity index (χ2n) is 9.44. The standard InChI is InChI=1S/C22H34N2O2.2C2H4O2/c1-2-22-15-20(22)17-24(18-22)16-19-7-3-4-8-21(19)26-12-6-5-9-23-10-13-25-14-11-23;2*1-2(3)4/h3-4,7-8,20H,2,5-6,9-18H2,1H3;2*1H3,(H,3,4). The number of likely N-dealkylation sites (tertiary alicyclic amines) is 1. The van der Waals surface area contributed by atoms with Crippen LogP contribution in [0.15, 0.2) is 24.3 Å². The summed E-state index contributed by atoms with van der Waals surface area (Å²) in [6, 6.07) is 8.63. The van der Waals surface area contributed by atoms with Gasteiger partial charge >= 0.3 is 0 Å². The molecule has 0 radical (unpaired) electrons. The molecule has 2 saturated heterocycles. The smallest absolute Gasteiger partial charge is 0.300 e. The van der Waals surface area contributed by atoms with Crippen LogP contribution < -0.4 is 4.74 Å². The van der Waals surface area contributed by atoms with Crippen molar-refractivity contribution in [2.75, 3.05) is 52.5 Å². The zero-order valence-corrected chi connectivity index (χ0v) is 21.0. The van der Waals surface area contributed by atoms with Crippen molar-refractivity contribution in [3.63, 3.8) is 0 Å². The van der Waals surface area contributed by atoms with E-state index in [-0.39, 0.29) is 0 Å². The summed E-state index contributed by atoms with van der Waals surface area (Å²) < 4.78 is 11.6. The minimum absolute atomic E-state index is 0.662. The van der Waals surface area contributed by atoms with Crippen LogP contribution in [0, 0.1) is 11.3 Å². The van der Waals surface area contributed by atoms with E-state index in [4.69, 9.17) is 29.3 Å². The van der Waals surface area contributed by atoms with Gasteiger partial charge in [0.05, 0.1) is 19.8 Å². The van der Waals surface area contributed by atoms with Crippen molar-refractivity contribution in [1.82, 2.24) is 9.80 Å². The molecule has 2 heterocycles. The number of carboxylic acid groups (broad SMARTS) is 2. The third-order valence-corrected chi connectivity index (χ3v) is 6.68. The number of ether oxygens (including phenoxy) is 2. The maximum absolute atomic E-state index is 9.00. The molecule has 8 nitrogen and oxygen atoms in total. The van der Waals surface area contributed by atoms with Crippen LogP contribution >= 0.6 is 0 Å². The number of unbranched alkanes of at least 4 members (excludes halogenated alkanes) is 1. The van der Waals surface area contributed by atoms with Crippen LogP contribution in [0.1, 0.15) is 52.0 Å². The Hall–Kier alpha value is -2.16. The summed E-state index contributed by atoms with van der Waals surface area (Å²) in [4.78, 5) is 23.1. The van der Waals surface area contributed by atoms with E-state index in [2.05, 4.69) is 41.0 Å². The Bertz CT molecular complexity index is 743. The van der Waals surface area contributed by atoms with E-state index >= 15 is 0 Å². The van der Waals surface area contributed by atoms with E-state index in [0.29, 0.717) is 5.41 Å². The summed E-state index contributed by atoms with van der Waals surface area (Å²) in [6.07, 6.45) is 5.13. The number of carboxylic acids is 2. The third-order valence-electron chi connectivity index (χ3n) is 6.68. The molecule has 2 atom stereocenters. The maximum Gasteiger partial charge on any atom is 0.300 e. The van der Waals surface area contributed by atoms with Gasteiger partial charge in [0.15, 0.2) is 0 Å². The Morgan fingerprint density at radius 3 is 2.35 bits per heavy atom. The Morgan fingerprint density at radius 1 is 1.09 bits per heavy atom. The molecule has 2 unspecified atom stereocenters. The Balaban J connectivity index is 0.000000446. The van der Waals surface area contributed by atoms with Crippen LogP contribution in [-0.4, -0.2) is 84.5 Å². The van der Waals surface area contributed by atoms with E-state index in [9.17, 15) is 0 Å². The van der Waals surface area contributed by atoms with Gasteiger partial charge in [0, 0.05) is 52.1 Å². The van der Waals surface area contributed by atoms with Gasteiger partial charge in [-0.15, -0.1) is 0 Å². The summed E-state index contributed by atoms with van der Waals surface area (Å²) in [5.74, 6) is 0.380. The monoisotopic (exact) mass is 478 g/mol. The molecule has 0 bridgehead atoms. The fraction of sp³-hybridized carbons (Fsp3) is 0.692. The van der Waals surface area contributed by atoms with Crippen LogP contribution in [-0.2, 0) is 20.9 Å². The van der Waals surface area contributed by atoms with Crippen molar-refractivity contribution < 1.29 is 29.3 Å². The molecular weight excluding hydrogens is 436 g/mol. The van der Waals surface area contributed by atoms with Gasteiger partial charge in [-0.3, -0.25) is 19.4 Å². The van der Waals surface area contributed by atoms with Gasteiger partial charge < -0.3 is 19.7 Å². The molecule has 1 aliphatic carbocycles. The summed E-state index contributed by atoms with van der Waals surface area (Å²) in [7, 11) is 0. The van der Waals surface area contributed by atoms with Gasteiger partial charge in [-0.2, -0.15) is 0 Å². The lowest BCUT2D eigenvalue weighted by Gasteiger charge is -2.26. The number of benzene rings is 1. The van der Waals surface area contributed by atoms with Gasteiger partial charge in [-0.05, 0) is 49.6 Å². The summed E-state index contributed by atoms with van der Waals surface area (Å²) >= 11 is 0. The molecule has 1 saturated carbocycles. The minimum Gasteiger partial charge on any atom is -0.493 e. The van der Waals surface area contributed by atoms with Crippen molar-refractivity contribution in [3.8, 4) is 5.75 Å². The highest BCUT2D eigenvalue weighted by Gasteiger charge is 2.57. The first kappa shape index (κ1) is 28.1. The molecule has 8 heteroatoms. The zero-order chi connectivity index (χ0) is 25.0. The van der Waals surface area contributed by atoms with Crippen molar-refractivity contribution in [2.45, 2.75) is 53.0 Å². The van der Waals surface area contributed by atoms with Gasteiger partial charge in [0.1, 0.15) is 5.75 Å². The molecule has 192 valence electrons. The average Bonchev–Trinajstić information content (AvgIpc) is 3.35. The molecule has 2 N–H and O–H groups in total. The van der Waals surface area contributed by atoms with E-state index in [1.54, 1.807) is 0 Å². The second kappa shape index (κ2) is 14.3. The molecule has 1 aromatic carbocycles. The maximum atomic E-state index is 9.00. The van der Waals surface area contributed by atoms with Gasteiger partial charge in [-0.25, -0.2) is 0 Å². The quantitative estimate of drug-likeness (QED) is 0.520. The third kappa shape index (κ3) is 9.99. The lowest BCUT2D eigenvalue weighted by atomic mass is 10.0. The highest BCUT2D eigenvalue weighted by molar-refractivity contribution is 5.63. The predicted octanol–water partition coefficient (Wildman–Crippen LogP) is 3.59. The van der Waals surface area contributed by atoms with Gasteiger partial charge in [0.2, 0.25) is 0 Å². The lowest BCUT2D eigenvalue weighted by Crippen LogP contribution is -2.36. The predicted molar refractivity (Wildman–Crippen MR) is 131 cm³/mol. The van der Waals surface area contributed by atoms with Crippen LogP contribution in [0.2, 0.25) is 0 Å². The summed E-state index contributed by atoms with van der Waals surface area (Å²) in [5.41, 5.74) is 2.02. The van der Waals surface area contributed by atoms with Crippen molar-refractivity contribution in [1.29, 1.82) is 0 Å². The second-order valence-corrected chi connectivity index (χ2v) is 9.44. The summed E-state index contributed by atoms with van der Waals surface area (Å²) in [6.45, 7) is 14.1. The Labute approximate surface area is 203 Å². The summed E-state index contributed by atoms with van der Waals surface area (Å²) in [5, 5.41) is 14.8. The van der Waals surface area contributed by atoms with E-state index in [1.807, 2.05) is 0 Å². The molecule has 34 heavy (non-hydrogen) atoms. The topological polar surface area (TPSA) is 99.5 Å². The number of hydrogen-bond acceptors (Lipinski definition) is 6. The first-order valence-electron chi connectivity index (χ1n) is 12.4. The number of nitrogens with zero attached hydrogens (tertiary/aromatic N) is 2. The molecule has 4 rings (SSSR count). The van der Waals surface area contributed by atoms with E-state index in [1.165, 1.54) is 44.5 Å². The normalized spacial score (nSPS) is 23.6. The van der Waals surface area contributed by atoms with Crippen molar-refractivity contribution in [3.05, 3.63) is 29.8 Å². The zero-order valence-electron chi connectivity index (χ0n) is 21.0. The van der Waals surface area contributed by atoms with E-state index < -0.39 is 11.9 Å². The SMILES string of the molecule is CC(=O)O.CC(=O)O.CCC12CC1CN(Cc1ccccc1OCCCCN1CCOCC1)C2. The van der Waals surface area contributed by atoms with Crippen molar-refractivity contribution in [2.24, 2.45) is 11.3 Å². The number of carbonyl (C=O) groups is 2. The van der Waals surface area contributed by atoms with Crippen molar-refractivity contribution >= 4 is 11.9 Å².